The van der Waals surface area contributed by atoms with Crippen molar-refractivity contribution in [1.82, 2.24) is 9.97 Å². The van der Waals surface area contributed by atoms with Crippen molar-refractivity contribution < 1.29 is 4.92 Å². The molecule has 0 saturated carbocycles. The van der Waals surface area contributed by atoms with Crippen molar-refractivity contribution in [3.63, 3.8) is 0 Å². The number of nitro benzene ring substituents is 1. The Labute approximate surface area is 90.9 Å². The highest BCUT2D eigenvalue weighted by Crippen LogP contribution is 2.26. The predicted molar refractivity (Wildman–Crippen MR) is 58.5 cm³/mol. The summed E-state index contributed by atoms with van der Waals surface area (Å²) in [5, 5.41) is 10.7. The molecule has 0 bridgehead atoms. The first-order chi connectivity index (χ1) is 7.68. The number of anilines is 1. The lowest BCUT2D eigenvalue weighted by atomic mass is 10.1. The minimum atomic E-state index is -0.519. The van der Waals surface area contributed by atoms with Crippen LogP contribution < -0.4 is 5.73 Å². The number of nitrogens with zero attached hydrogens (tertiary/aromatic N) is 3. The number of aromatic nitrogens is 2. The Morgan fingerprint density at radius 1 is 1.31 bits per heavy atom. The molecule has 0 radical (unpaired) electrons. The monoisotopic (exact) mass is 216 g/mol. The van der Waals surface area contributed by atoms with Crippen LogP contribution in [0.2, 0.25) is 0 Å². The van der Waals surface area contributed by atoms with Gasteiger partial charge in [0.15, 0.2) is 0 Å². The predicted octanol–water partition coefficient (Wildman–Crippen LogP) is 1.63. The zero-order chi connectivity index (χ0) is 11.5. The summed E-state index contributed by atoms with van der Waals surface area (Å²) in [6.07, 6.45) is 4.60. The number of benzene rings is 1. The van der Waals surface area contributed by atoms with E-state index in [-0.39, 0.29) is 11.4 Å². The molecule has 0 atom stereocenters. The van der Waals surface area contributed by atoms with E-state index in [1.165, 1.54) is 30.7 Å². The Kier molecular flexibility index (Phi) is 2.47. The number of nitrogens with two attached hydrogens (primary N) is 1. The molecular weight excluding hydrogens is 208 g/mol. The third-order valence-corrected chi connectivity index (χ3v) is 2.09. The van der Waals surface area contributed by atoms with Gasteiger partial charge in [0.1, 0.15) is 5.69 Å². The number of hydrogen-bond donors (Lipinski definition) is 1. The van der Waals surface area contributed by atoms with Crippen molar-refractivity contribution in [2.75, 3.05) is 5.73 Å². The van der Waals surface area contributed by atoms with Crippen molar-refractivity contribution in [2.45, 2.75) is 0 Å². The molecule has 0 spiro atoms. The normalized spacial score (nSPS) is 10.0. The quantitative estimate of drug-likeness (QED) is 0.467. The molecule has 0 fully saturated rings. The van der Waals surface area contributed by atoms with E-state index >= 15 is 0 Å². The summed E-state index contributed by atoms with van der Waals surface area (Å²) >= 11 is 0. The van der Waals surface area contributed by atoms with Crippen LogP contribution >= 0.6 is 0 Å². The second-order valence-corrected chi connectivity index (χ2v) is 3.12. The fourth-order valence-electron chi connectivity index (χ4n) is 1.31. The lowest BCUT2D eigenvalue weighted by molar-refractivity contribution is -0.383. The minimum Gasteiger partial charge on any atom is -0.393 e. The van der Waals surface area contributed by atoms with Gasteiger partial charge in [0.25, 0.3) is 5.69 Å². The van der Waals surface area contributed by atoms with E-state index in [0.717, 1.165) is 0 Å². The van der Waals surface area contributed by atoms with Gasteiger partial charge in [0.2, 0.25) is 0 Å². The van der Waals surface area contributed by atoms with Gasteiger partial charge in [-0.05, 0) is 6.07 Å². The number of nitro groups is 1. The maximum atomic E-state index is 10.7. The highest BCUT2D eigenvalue weighted by Gasteiger charge is 2.12. The summed E-state index contributed by atoms with van der Waals surface area (Å²) in [4.78, 5) is 18.1. The van der Waals surface area contributed by atoms with E-state index in [0.29, 0.717) is 11.3 Å². The second kappa shape index (κ2) is 3.93. The summed E-state index contributed by atoms with van der Waals surface area (Å²) in [5.74, 6) is 0. The standard InChI is InChI=1S/C10H8N4O2/c11-8-2-1-7(5-10(8)14(15)16)9-6-12-3-4-13-9/h1-6H,11H2. The van der Waals surface area contributed by atoms with E-state index in [2.05, 4.69) is 9.97 Å². The molecule has 0 amide bonds. The molecule has 0 aliphatic carbocycles. The molecule has 0 saturated heterocycles. The van der Waals surface area contributed by atoms with Gasteiger partial charge in [-0.2, -0.15) is 0 Å². The van der Waals surface area contributed by atoms with Gasteiger partial charge >= 0.3 is 0 Å². The molecule has 2 aromatic rings. The van der Waals surface area contributed by atoms with Gasteiger partial charge in [0.05, 0.1) is 16.8 Å². The maximum Gasteiger partial charge on any atom is 0.292 e. The molecule has 6 heteroatoms. The van der Waals surface area contributed by atoms with Crippen molar-refractivity contribution in [3.05, 3.63) is 46.9 Å². The number of nitrogen functional groups attached to an aromatic ring is 1. The summed E-state index contributed by atoms with van der Waals surface area (Å²) in [6.45, 7) is 0. The fourth-order valence-corrected chi connectivity index (χ4v) is 1.31. The van der Waals surface area contributed by atoms with Crippen LogP contribution in [0, 0.1) is 10.1 Å². The highest BCUT2D eigenvalue weighted by molar-refractivity contribution is 5.69. The molecule has 2 N–H and O–H groups in total. The average molecular weight is 216 g/mol. The van der Waals surface area contributed by atoms with Crippen LogP contribution in [-0.4, -0.2) is 14.9 Å². The van der Waals surface area contributed by atoms with Gasteiger partial charge in [0, 0.05) is 24.0 Å². The van der Waals surface area contributed by atoms with Crippen LogP contribution in [0.3, 0.4) is 0 Å². The van der Waals surface area contributed by atoms with Crippen LogP contribution in [0.5, 0.6) is 0 Å². The Hall–Kier alpha value is -2.50. The summed E-state index contributed by atoms with van der Waals surface area (Å²) in [5.41, 5.74) is 6.70. The summed E-state index contributed by atoms with van der Waals surface area (Å²) in [7, 11) is 0. The van der Waals surface area contributed by atoms with E-state index in [4.69, 9.17) is 5.73 Å². The maximum absolute atomic E-state index is 10.7. The molecule has 0 aliphatic rings. The molecule has 80 valence electrons. The third kappa shape index (κ3) is 1.81. The molecule has 0 unspecified atom stereocenters. The first kappa shape index (κ1) is 10.0. The van der Waals surface area contributed by atoms with Crippen molar-refractivity contribution in [1.29, 1.82) is 0 Å². The Bertz CT molecular complexity index is 528. The molecule has 1 heterocycles. The average Bonchev–Trinajstić information content (AvgIpc) is 2.30. The van der Waals surface area contributed by atoms with E-state index in [1.807, 2.05) is 0 Å². The molecule has 16 heavy (non-hydrogen) atoms. The lowest BCUT2D eigenvalue weighted by Gasteiger charge is -2.01. The van der Waals surface area contributed by atoms with Crippen molar-refractivity contribution in [2.24, 2.45) is 0 Å². The van der Waals surface area contributed by atoms with Crippen LogP contribution in [0.1, 0.15) is 0 Å². The van der Waals surface area contributed by atoms with Crippen molar-refractivity contribution in [3.8, 4) is 11.3 Å². The number of hydrogen-bond acceptors (Lipinski definition) is 5. The zero-order valence-corrected chi connectivity index (χ0v) is 8.20. The summed E-state index contributed by atoms with van der Waals surface area (Å²) in [6, 6.07) is 4.55. The van der Waals surface area contributed by atoms with Gasteiger partial charge in [-0.15, -0.1) is 0 Å². The van der Waals surface area contributed by atoms with E-state index < -0.39 is 4.92 Å². The fraction of sp³-hybridized carbons (Fsp3) is 0. The Morgan fingerprint density at radius 2 is 2.12 bits per heavy atom. The van der Waals surface area contributed by atoms with E-state index in [9.17, 15) is 10.1 Å². The van der Waals surface area contributed by atoms with Gasteiger partial charge < -0.3 is 5.73 Å². The minimum absolute atomic E-state index is 0.122. The molecule has 1 aromatic heterocycles. The van der Waals surface area contributed by atoms with Crippen LogP contribution in [0.25, 0.3) is 11.3 Å². The zero-order valence-electron chi connectivity index (χ0n) is 8.20. The Balaban J connectivity index is 2.52. The van der Waals surface area contributed by atoms with Gasteiger partial charge in [-0.1, -0.05) is 6.07 Å². The smallest absolute Gasteiger partial charge is 0.292 e. The second-order valence-electron chi connectivity index (χ2n) is 3.12. The Morgan fingerprint density at radius 3 is 2.75 bits per heavy atom. The highest BCUT2D eigenvalue weighted by atomic mass is 16.6. The van der Waals surface area contributed by atoms with Gasteiger partial charge in [-0.3, -0.25) is 20.1 Å². The van der Waals surface area contributed by atoms with Crippen LogP contribution in [0.4, 0.5) is 11.4 Å². The SMILES string of the molecule is Nc1ccc(-c2cnccn2)cc1[N+](=O)[O-]. The largest absolute Gasteiger partial charge is 0.393 e. The van der Waals surface area contributed by atoms with Crippen molar-refractivity contribution >= 4 is 11.4 Å². The molecule has 2 rings (SSSR count). The number of rotatable bonds is 2. The first-order valence-corrected chi connectivity index (χ1v) is 4.49. The summed E-state index contributed by atoms with van der Waals surface area (Å²) < 4.78 is 0. The van der Waals surface area contributed by atoms with Gasteiger partial charge in [-0.25, -0.2) is 0 Å². The molecule has 0 aliphatic heterocycles. The molecule has 6 nitrogen and oxygen atoms in total. The first-order valence-electron chi connectivity index (χ1n) is 4.49. The molecular formula is C10H8N4O2. The topological polar surface area (TPSA) is 94.9 Å². The lowest BCUT2D eigenvalue weighted by Crippen LogP contribution is -1.96. The third-order valence-electron chi connectivity index (χ3n) is 2.09. The van der Waals surface area contributed by atoms with Crippen LogP contribution in [-0.2, 0) is 0 Å². The van der Waals surface area contributed by atoms with E-state index in [1.54, 1.807) is 6.07 Å². The van der Waals surface area contributed by atoms with Crippen LogP contribution in [0.15, 0.2) is 36.8 Å². The molecule has 1 aromatic carbocycles.